The lowest BCUT2D eigenvalue weighted by atomic mass is 9.78. The molecule has 0 aliphatic carbocycles. The van der Waals surface area contributed by atoms with Gasteiger partial charge in [-0.3, -0.25) is 4.79 Å². The fourth-order valence-electron chi connectivity index (χ4n) is 4.38. The topological polar surface area (TPSA) is 101 Å². The maximum absolute atomic E-state index is 12.8. The van der Waals surface area contributed by atoms with Crippen molar-refractivity contribution in [1.82, 2.24) is 4.98 Å². The number of aromatic nitrogens is 1. The molecule has 31 heavy (non-hydrogen) atoms. The minimum atomic E-state index is -0.542. The molecule has 0 unspecified atom stereocenters. The summed E-state index contributed by atoms with van der Waals surface area (Å²) < 4.78 is 11.5. The van der Waals surface area contributed by atoms with Gasteiger partial charge in [0.15, 0.2) is 0 Å². The molecule has 0 saturated carbocycles. The second kappa shape index (κ2) is 8.68. The van der Waals surface area contributed by atoms with Gasteiger partial charge in [0.25, 0.3) is 0 Å². The number of methoxy groups -OCH3 is 1. The highest BCUT2D eigenvalue weighted by molar-refractivity contribution is 5.98. The molecule has 1 aromatic carbocycles. The van der Waals surface area contributed by atoms with Gasteiger partial charge >= 0.3 is 0 Å². The third-order valence-electron chi connectivity index (χ3n) is 5.54. The Bertz CT molecular complexity index is 1100. The summed E-state index contributed by atoms with van der Waals surface area (Å²) in [7, 11) is 1.54. The molecule has 162 valence electrons. The van der Waals surface area contributed by atoms with Crippen molar-refractivity contribution in [1.29, 1.82) is 5.26 Å². The molecule has 1 aliphatic heterocycles. The van der Waals surface area contributed by atoms with E-state index in [0.29, 0.717) is 29.4 Å². The minimum absolute atomic E-state index is 0.0764. The third kappa shape index (κ3) is 3.70. The summed E-state index contributed by atoms with van der Waals surface area (Å²) in [6.45, 7) is 10.3. The second-order valence-electron chi connectivity index (χ2n) is 7.77. The van der Waals surface area contributed by atoms with E-state index < -0.39 is 11.8 Å². The Labute approximate surface area is 183 Å². The van der Waals surface area contributed by atoms with Crippen LogP contribution in [-0.4, -0.2) is 30.6 Å². The Morgan fingerprint density at radius 1 is 1.35 bits per heavy atom. The smallest absolute Gasteiger partial charge is 0.247 e. The monoisotopic (exact) mass is 420 g/mol. The van der Waals surface area contributed by atoms with Crippen molar-refractivity contribution >= 4 is 11.6 Å². The summed E-state index contributed by atoms with van der Waals surface area (Å²) >= 11 is 0. The van der Waals surface area contributed by atoms with Crippen molar-refractivity contribution in [3.63, 3.8) is 0 Å². The zero-order valence-corrected chi connectivity index (χ0v) is 18.8. The van der Waals surface area contributed by atoms with E-state index in [1.165, 1.54) is 0 Å². The summed E-state index contributed by atoms with van der Waals surface area (Å²) in [4.78, 5) is 19.4. The quantitative estimate of drug-likeness (QED) is 0.763. The fraction of sp³-hybridized carbons (Fsp3) is 0.375. The number of rotatable bonds is 6. The summed E-state index contributed by atoms with van der Waals surface area (Å²) in [5.41, 5.74) is 11.1. The molecule has 0 fully saturated rings. The second-order valence-corrected chi connectivity index (χ2v) is 7.77. The molecule has 1 amide bonds. The number of allylic oxidation sites excluding steroid dienone is 1. The van der Waals surface area contributed by atoms with Gasteiger partial charge in [-0.1, -0.05) is 6.07 Å². The van der Waals surface area contributed by atoms with Gasteiger partial charge in [-0.25, -0.2) is 4.98 Å². The van der Waals surface area contributed by atoms with Crippen LogP contribution in [0.1, 0.15) is 55.9 Å². The average Bonchev–Trinajstić information content (AvgIpc) is 2.74. The first-order valence-electron chi connectivity index (χ1n) is 10.3. The molecule has 2 aromatic rings. The normalized spacial score (nSPS) is 15.5. The predicted octanol–water partition coefficient (Wildman–Crippen LogP) is 3.79. The number of amides is 1. The van der Waals surface area contributed by atoms with Gasteiger partial charge < -0.3 is 20.1 Å². The number of nitriles is 1. The minimum Gasteiger partial charge on any atom is -0.496 e. The number of nitrogens with two attached hydrogens (primary N) is 1. The van der Waals surface area contributed by atoms with Crippen molar-refractivity contribution < 1.29 is 14.3 Å². The van der Waals surface area contributed by atoms with Crippen molar-refractivity contribution in [2.45, 2.75) is 46.6 Å². The molecule has 7 heteroatoms. The van der Waals surface area contributed by atoms with E-state index in [4.69, 9.17) is 15.2 Å². The maximum atomic E-state index is 12.8. The summed E-state index contributed by atoms with van der Waals surface area (Å²) in [6.07, 6.45) is 1.79. The van der Waals surface area contributed by atoms with Crippen molar-refractivity contribution in [2.24, 2.45) is 5.73 Å². The molecule has 0 spiro atoms. The van der Waals surface area contributed by atoms with E-state index >= 15 is 0 Å². The van der Waals surface area contributed by atoms with Gasteiger partial charge in [0.2, 0.25) is 11.8 Å². The number of carbonyl (C=O) groups is 1. The summed E-state index contributed by atoms with van der Waals surface area (Å²) in [5.74, 6) is -0.103. The van der Waals surface area contributed by atoms with Gasteiger partial charge in [0.1, 0.15) is 5.75 Å². The van der Waals surface area contributed by atoms with Crippen LogP contribution in [0.4, 0.5) is 5.69 Å². The van der Waals surface area contributed by atoms with Crippen molar-refractivity contribution in [3.8, 4) is 17.7 Å². The van der Waals surface area contributed by atoms with Crippen LogP contribution in [0.25, 0.3) is 0 Å². The lowest BCUT2D eigenvalue weighted by Crippen LogP contribution is -2.39. The Hall–Kier alpha value is -3.53. The molecule has 0 radical (unpaired) electrons. The van der Waals surface area contributed by atoms with E-state index in [1.54, 1.807) is 25.4 Å². The van der Waals surface area contributed by atoms with Crippen LogP contribution in [0, 0.1) is 18.3 Å². The zero-order chi connectivity index (χ0) is 22.9. The number of hydrogen-bond donors (Lipinski definition) is 1. The Kier molecular flexibility index (Phi) is 6.21. The molecular weight excluding hydrogens is 392 g/mol. The largest absolute Gasteiger partial charge is 0.496 e. The zero-order valence-electron chi connectivity index (χ0n) is 18.8. The molecule has 1 aliphatic rings. The van der Waals surface area contributed by atoms with E-state index in [0.717, 1.165) is 28.1 Å². The van der Waals surface area contributed by atoms with E-state index in [9.17, 15) is 10.1 Å². The molecule has 0 saturated heterocycles. The molecule has 3 rings (SSSR count). The first kappa shape index (κ1) is 22.2. The molecular formula is C24H28N4O3. The van der Waals surface area contributed by atoms with Crippen LogP contribution < -0.4 is 20.1 Å². The van der Waals surface area contributed by atoms with Gasteiger partial charge in [-0.15, -0.1) is 0 Å². The van der Waals surface area contributed by atoms with Gasteiger partial charge in [0, 0.05) is 29.1 Å². The van der Waals surface area contributed by atoms with Crippen LogP contribution in [0.2, 0.25) is 0 Å². The Morgan fingerprint density at radius 2 is 2.06 bits per heavy atom. The Balaban J connectivity index is 2.47. The number of ether oxygens (including phenoxy) is 2. The number of carbonyl (C=O) groups excluding carboxylic acids is 1. The molecule has 7 nitrogen and oxygen atoms in total. The molecule has 1 aromatic heterocycles. The molecule has 2 heterocycles. The highest BCUT2D eigenvalue weighted by Gasteiger charge is 2.40. The van der Waals surface area contributed by atoms with Gasteiger partial charge in [0.05, 0.1) is 42.5 Å². The maximum Gasteiger partial charge on any atom is 0.247 e. The van der Waals surface area contributed by atoms with E-state index in [1.807, 2.05) is 26.8 Å². The number of aryl methyl sites for hydroxylation is 1. The number of pyridine rings is 1. The van der Waals surface area contributed by atoms with Crippen LogP contribution in [0.3, 0.4) is 0 Å². The SMILES string of the molecule is CCOc1ncc(C)c2c1[C@H](c1ccc(C#N)cc1OC)C(C(N)=O)=C(C)N2C(C)C. The van der Waals surface area contributed by atoms with Crippen LogP contribution in [0.15, 0.2) is 35.7 Å². The first-order valence-corrected chi connectivity index (χ1v) is 10.3. The lowest BCUT2D eigenvalue weighted by molar-refractivity contribution is -0.114. The molecule has 2 N–H and O–H groups in total. The molecule has 1 atom stereocenters. The van der Waals surface area contributed by atoms with Crippen LogP contribution in [-0.2, 0) is 4.79 Å². The van der Waals surface area contributed by atoms with Crippen LogP contribution in [0.5, 0.6) is 11.6 Å². The number of fused-ring (bicyclic) bond motifs is 1. The Morgan fingerprint density at radius 3 is 2.61 bits per heavy atom. The number of hydrogen-bond acceptors (Lipinski definition) is 6. The van der Waals surface area contributed by atoms with Gasteiger partial charge in [-0.2, -0.15) is 5.26 Å². The summed E-state index contributed by atoms with van der Waals surface area (Å²) in [6, 6.07) is 7.39. The predicted molar refractivity (Wildman–Crippen MR) is 119 cm³/mol. The average molecular weight is 421 g/mol. The standard InChI is InChI=1S/C24H28N4O3/c1-7-31-24-21-20(17-9-8-16(11-25)10-18(17)30-6)19(23(26)29)15(5)28(13(2)3)22(21)14(4)12-27-24/h8-10,12-13,20H,7H2,1-6H3,(H2,26,29)/t20-/m1/s1. The lowest BCUT2D eigenvalue weighted by Gasteiger charge is -2.41. The highest BCUT2D eigenvalue weighted by Crippen LogP contribution is 2.51. The number of nitrogens with zero attached hydrogens (tertiary/aromatic N) is 3. The van der Waals surface area contributed by atoms with E-state index in [-0.39, 0.29) is 6.04 Å². The summed E-state index contributed by atoms with van der Waals surface area (Å²) in [5, 5.41) is 9.32. The van der Waals surface area contributed by atoms with Crippen molar-refractivity contribution in [2.75, 3.05) is 18.6 Å². The molecule has 0 bridgehead atoms. The third-order valence-corrected chi connectivity index (χ3v) is 5.54. The van der Waals surface area contributed by atoms with Crippen molar-refractivity contribution in [3.05, 3.63) is 57.9 Å². The number of benzene rings is 1. The van der Waals surface area contributed by atoms with Gasteiger partial charge in [-0.05, 0) is 52.3 Å². The number of primary amides is 1. The fourth-order valence-corrected chi connectivity index (χ4v) is 4.38. The first-order chi connectivity index (χ1) is 14.8. The number of anilines is 1. The van der Waals surface area contributed by atoms with E-state index in [2.05, 4.69) is 29.8 Å². The van der Waals surface area contributed by atoms with Crippen LogP contribution >= 0.6 is 0 Å². The highest BCUT2D eigenvalue weighted by atomic mass is 16.5.